The highest BCUT2D eigenvalue weighted by Crippen LogP contribution is 2.35. The van der Waals surface area contributed by atoms with E-state index >= 15 is 0 Å². The van der Waals surface area contributed by atoms with Crippen LogP contribution in [0.3, 0.4) is 0 Å². The van der Waals surface area contributed by atoms with E-state index in [4.69, 9.17) is 9.47 Å². The van der Waals surface area contributed by atoms with Crippen molar-refractivity contribution in [1.29, 1.82) is 0 Å². The number of hydrogen-bond acceptors (Lipinski definition) is 4. The van der Waals surface area contributed by atoms with Crippen LogP contribution in [0, 0.1) is 31.6 Å². The van der Waals surface area contributed by atoms with Crippen molar-refractivity contribution < 1.29 is 14.6 Å². The lowest BCUT2D eigenvalue weighted by atomic mass is 9.75. The molecule has 4 nitrogen and oxygen atoms in total. The van der Waals surface area contributed by atoms with Gasteiger partial charge in [-0.2, -0.15) is 0 Å². The first-order chi connectivity index (χ1) is 11.5. The van der Waals surface area contributed by atoms with Gasteiger partial charge in [0.15, 0.2) is 0 Å². The topological polar surface area (TPSA) is 41.9 Å². The van der Waals surface area contributed by atoms with Crippen molar-refractivity contribution in [3.05, 3.63) is 28.8 Å². The summed E-state index contributed by atoms with van der Waals surface area (Å²) in [5, 5.41) is 10.9. The van der Waals surface area contributed by atoms with Gasteiger partial charge in [0.05, 0.1) is 6.61 Å². The molecule has 1 atom stereocenters. The Morgan fingerprint density at radius 3 is 2.42 bits per heavy atom. The van der Waals surface area contributed by atoms with E-state index in [0.29, 0.717) is 25.7 Å². The van der Waals surface area contributed by atoms with E-state index < -0.39 is 5.60 Å². The maximum absolute atomic E-state index is 10.9. The fraction of sp³-hybridized carbons (Fsp3) is 0.600. The van der Waals surface area contributed by atoms with Crippen LogP contribution in [-0.2, 0) is 4.74 Å². The molecule has 3 heterocycles. The fourth-order valence-electron chi connectivity index (χ4n) is 3.80. The number of aryl methyl sites for hydroxylation is 2. The molecule has 0 amide bonds. The number of nitrogens with zero attached hydrogens (tertiary/aromatic N) is 1. The van der Waals surface area contributed by atoms with Crippen molar-refractivity contribution in [2.24, 2.45) is 5.92 Å². The van der Waals surface area contributed by atoms with Crippen LogP contribution in [0.25, 0.3) is 0 Å². The Labute approximate surface area is 144 Å². The van der Waals surface area contributed by atoms with E-state index in [0.717, 1.165) is 48.4 Å². The Morgan fingerprint density at radius 2 is 1.88 bits per heavy atom. The Morgan fingerprint density at radius 1 is 1.21 bits per heavy atom. The number of rotatable bonds is 4. The van der Waals surface area contributed by atoms with Gasteiger partial charge < -0.3 is 14.6 Å². The Hall–Kier alpha value is -1.54. The molecule has 1 aromatic carbocycles. The minimum atomic E-state index is -0.858. The van der Waals surface area contributed by atoms with E-state index in [-0.39, 0.29) is 0 Å². The molecule has 0 saturated carbocycles. The summed E-state index contributed by atoms with van der Waals surface area (Å²) in [5.41, 5.74) is 2.31. The summed E-state index contributed by atoms with van der Waals surface area (Å²) in [6.45, 7) is 8.07. The smallest absolute Gasteiger partial charge is 0.141 e. The summed E-state index contributed by atoms with van der Waals surface area (Å²) >= 11 is 0. The molecule has 2 bridgehead atoms. The van der Waals surface area contributed by atoms with E-state index in [1.807, 2.05) is 26.0 Å². The largest absolute Gasteiger partial charge is 0.491 e. The molecule has 130 valence electrons. The molecule has 1 N–H and O–H groups in total. The molecule has 4 heteroatoms. The summed E-state index contributed by atoms with van der Waals surface area (Å²) in [7, 11) is 1.66. The van der Waals surface area contributed by atoms with Crippen molar-refractivity contribution in [2.75, 3.05) is 40.0 Å². The molecule has 4 rings (SSSR count). The van der Waals surface area contributed by atoms with Gasteiger partial charge in [-0.3, -0.25) is 4.90 Å². The third kappa shape index (κ3) is 3.59. The van der Waals surface area contributed by atoms with Gasteiger partial charge in [-0.1, -0.05) is 11.8 Å². The molecule has 24 heavy (non-hydrogen) atoms. The van der Waals surface area contributed by atoms with Crippen LogP contribution in [0.2, 0.25) is 0 Å². The molecule has 0 aliphatic carbocycles. The number of benzene rings is 1. The van der Waals surface area contributed by atoms with Crippen molar-refractivity contribution in [3.63, 3.8) is 0 Å². The number of hydrogen-bond donors (Lipinski definition) is 1. The van der Waals surface area contributed by atoms with E-state index in [1.54, 1.807) is 7.11 Å². The quantitative estimate of drug-likeness (QED) is 0.679. The van der Waals surface area contributed by atoms with Gasteiger partial charge in [0.2, 0.25) is 0 Å². The molecule has 3 saturated heterocycles. The van der Waals surface area contributed by atoms with Gasteiger partial charge in [-0.15, -0.1) is 0 Å². The van der Waals surface area contributed by atoms with Crippen LogP contribution < -0.4 is 4.74 Å². The number of methoxy groups -OCH3 is 1. The molecule has 0 radical (unpaired) electrons. The van der Waals surface area contributed by atoms with Crippen LogP contribution in [0.15, 0.2) is 12.1 Å². The predicted octanol–water partition coefficient (Wildman–Crippen LogP) is 2.14. The SMILES string of the molecule is COCCOc1cc(C)c(C#CC2(O)CN3CCC2CC3)c(C)c1. The average Bonchev–Trinajstić information content (AvgIpc) is 2.55. The maximum atomic E-state index is 10.9. The first-order valence-corrected chi connectivity index (χ1v) is 8.73. The van der Waals surface area contributed by atoms with Gasteiger partial charge >= 0.3 is 0 Å². The highest BCUT2D eigenvalue weighted by Gasteiger charge is 2.44. The van der Waals surface area contributed by atoms with Crippen molar-refractivity contribution in [1.82, 2.24) is 4.90 Å². The third-order valence-electron chi connectivity index (χ3n) is 5.19. The molecule has 3 aliphatic rings. The number of ether oxygens (including phenoxy) is 2. The number of fused-ring (bicyclic) bond motifs is 3. The summed E-state index contributed by atoms with van der Waals surface area (Å²) < 4.78 is 10.7. The first-order valence-electron chi connectivity index (χ1n) is 8.73. The standard InChI is InChI=1S/C20H27NO3/c1-15-12-18(24-11-10-23-3)13-16(2)19(15)4-7-20(22)14-21-8-5-17(20)6-9-21/h12-13,17,22H,5-6,8-11,14H2,1-3H3. The Kier molecular flexibility index (Phi) is 5.15. The molecule has 3 fully saturated rings. The monoisotopic (exact) mass is 329 g/mol. The molecule has 1 unspecified atom stereocenters. The Balaban J connectivity index is 1.78. The molecular weight excluding hydrogens is 302 g/mol. The van der Waals surface area contributed by atoms with Crippen LogP contribution >= 0.6 is 0 Å². The summed E-state index contributed by atoms with van der Waals surface area (Å²) in [5.74, 6) is 7.62. The van der Waals surface area contributed by atoms with Crippen LogP contribution in [-0.4, -0.2) is 55.6 Å². The lowest BCUT2D eigenvalue weighted by molar-refractivity contribution is -0.0713. The lowest BCUT2D eigenvalue weighted by Crippen LogP contribution is -2.58. The van der Waals surface area contributed by atoms with Crippen LogP contribution in [0.1, 0.15) is 29.5 Å². The van der Waals surface area contributed by atoms with Crippen molar-refractivity contribution in [2.45, 2.75) is 32.3 Å². The van der Waals surface area contributed by atoms with Crippen LogP contribution in [0.4, 0.5) is 0 Å². The fourth-order valence-corrected chi connectivity index (χ4v) is 3.80. The zero-order valence-corrected chi connectivity index (χ0v) is 14.9. The summed E-state index contributed by atoms with van der Waals surface area (Å²) in [4.78, 5) is 2.32. The average molecular weight is 329 g/mol. The molecular formula is C20H27NO3. The third-order valence-corrected chi connectivity index (χ3v) is 5.19. The van der Waals surface area contributed by atoms with Crippen LogP contribution in [0.5, 0.6) is 5.75 Å². The minimum absolute atomic E-state index is 0.312. The second-order valence-electron chi connectivity index (χ2n) is 7.00. The predicted molar refractivity (Wildman–Crippen MR) is 94.3 cm³/mol. The van der Waals surface area contributed by atoms with E-state index in [2.05, 4.69) is 16.7 Å². The van der Waals surface area contributed by atoms with Gasteiger partial charge in [0, 0.05) is 25.1 Å². The number of piperidine rings is 3. The van der Waals surface area contributed by atoms with Gasteiger partial charge in [-0.25, -0.2) is 0 Å². The molecule has 0 spiro atoms. The summed E-state index contributed by atoms with van der Waals surface area (Å²) in [6.07, 6.45) is 2.10. The zero-order chi connectivity index (χ0) is 17.2. The highest BCUT2D eigenvalue weighted by molar-refractivity contribution is 5.51. The van der Waals surface area contributed by atoms with E-state index in [1.165, 1.54) is 0 Å². The van der Waals surface area contributed by atoms with E-state index in [9.17, 15) is 5.11 Å². The normalized spacial score (nSPS) is 28.3. The maximum Gasteiger partial charge on any atom is 0.141 e. The molecule has 0 aromatic heterocycles. The summed E-state index contributed by atoms with van der Waals surface area (Å²) in [6, 6.07) is 4.01. The first kappa shape index (κ1) is 17.3. The van der Waals surface area contributed by atoms with Gasteiger partial charge in [0.1, 0.15) is 18.0 Å². The lowest BCUT2D eigenvalue weighted by Gasteiger charge is -2.47. The van der Waals surface area contributed by atoms with Gasteiger partial charge in [-0.05, 0) is 63.0 Å². The van der Waals surface area contributed by atoms with Crippen molar-refractivity contribution >= 4 is 0 Å². The number of aliphatic hydroxyl groups is 1. The Bertz CT molecular complexity index is 630. The van der Waals surface area contributed by atoms with Crippen molar-refractivity contribution in [3.8, 4) is 17.6 Å². The van der Waals surface area contributed by atoms with Gasteiger partial charge in [0.25, 0.3) is 0 Å². The zero-order valence-electron chi connectivity index (χ0n) is 14.9. The molecule has 3 aliphatic heterocycles. The highest BCUT2D eigenvalue weighted by atomic mass is 16.5. The minimum Gasteiger partial charge on any atom is -0.491 e. The molecule has 1 aromatic rings. The second-order valence-corrected chi connectivity index (χ2v) is 7.00. The second kappa shape index (κ2) is 7.14.